The predicted octanol–water partition coefficient (Wildman–Crippen LogP) is 2.08. The number of hydrogen-bond donors (Lipinski definition) is 1. The number of nitrogens with one attached hydrogen (secondary N) is 1. The summed E-state index contributed by atoms with van der Waals surface area (Å²) >= 11 is 0. The fourth-order valence-electron chi connectivity index (χ4n) is 3.92. The van der Waals surface area contributed by atoms with E-state index in [4.69, 9.17) is 0 Å². The molecular formula is C21H23N3O5S2. The van der Waals surface area contributed by atoms with Crippen molar-refractivity contribution in [3.8, 4) is 0 Å². The van der Waals surface area contributed by atoms with E-state index in [9.17, 15) is 21.6 Å². The van der Waals surface area contributed by atoms with Crippen LogP contribution >= 0.6 is 0 Å². The fraction of sp³-hybridized carbons (Fsp3) is 0.333. The largest absolute Gasteiger partial charge is 0.345 e. The van der Waals surface area contributed by atoms with Crippen LogP contribution in [0.3, 0.4) is 0 Å². The molecule has 2 aliphatic rings. The van der Waals surface area contributed by atoms with E-state index in [0.29, 0.717) is 19.0 Å². The van der Waals surface area contributed by atoms with E-state index in [-0.39, 0.29) is 15.5 Å². The van der Waals surface area contributed by atoms with Gasteiger partial charge in [0.25, 0.3) is 10.0 Å². The van der Waals surface area contributed by atoms with Crippen molar-refractivity contribution in [2.75, 3.05) is 24.2 Å². The molecule has 1 saturated heterocycles. The number of hydrogen-bond acceptors (Lipinski definition) is 6. The van der Waals surface area contributed by atoms with Crippen molar-refractivity contribution < 1.29 is 21.6 Å². The maximum Gasteiger partial charge on any atom is 0.285 e. The van der Waals surface area contributed by atoms with Gasteiger partial charge in [-0.2, -0.15) is 8.42 Å². The zero-order valence-electron chi connectivity index (χ0n) is 16.8. The number of likely N-dealkylation sites (tertiary alicyclic amines) is 1. The van der Waals surface area contributed by atoms with Crippen molar-refractivity contribution in [2.24, 2.45) is 10.3 Å². The Hall–Kier alpha value is -2.72. The van der Waals surface area contributed by atoms with E-state index in [1.165, 1.54) is 17.7 Å². The number of rotatable bonds is 5. The highest BCUT2D eigenvalue weighted by Crippen LogP contribution is 2.29. The fourth-order valence-corrected chi connectivity index (χ4v) is 6.23. The SMILES string of the molecule is O=C(CS(=O)(=O)c1ccc2c(c1)S(=O)(=O)N=CN2)N1CCC(Cc2ccccc2)CC1. The number of fused-ring (bicyclic) bond motifs is 1. The molecule has 2 aromatic carbocycles. The van der Waals surface area contributed by atoms with E-state index >= 15 is 0 Å². The van der Waals surface area contributed by atoms with Crippen LogP contribution in [-0.4, -0.2) is 52.8 Å². The van der Waals surface area contributed by atoms with E-state index in [0.717, 1.165) is 31.7 Å². The Morgan fingerprint density at radius 3 is 2.52 bits per heavy atom. The van der Waals surface area contributed by atoms with Gasteiger partial charge in [-0.25, -0.2) is 8.42 Å². The molecule has 0 aromatic heterocycles. The summed E-state index contributed by atoms with van der Waals surface area (Å²) in [5, 5.41) is 2.67. The molecule has 2 aliphatic heterocycles. The predicted molar refractivity (Wildman–Crippen MR) is 117 cm³/mol. The summed E-state index contributed by atoms with van der Waals surface area (Å²) in [7, 11) is -7.95. The van der Waals surface area contributed by atoms with Gasteiger partial charge in [0.1, 0.15) is 17.0 Å². The average molecular weight is 462 g/mol. The first-order chi connectivity index (χ1) is 14.7. The monoisotopic (exact) mass is 461 g/mol. The number of anilines is 1. The van der Waals surface area contributed by atoms with E-state index in [1.807, 2.05) is 18.2 Å². The van der Waals surface area contributed by atoms with E-state index in [1.54, 1.807) is 4.90 Å². The minimum Gasteiger partial charge on any atom is -0.345 e. The summed E-state index contributed by atoms with van der Waals surface area (Å²) in [5.41, 5.74) is 1.51. The molecule has 10 heteroatoms. The molecule has 0 atom stereocenters. The molecule has 31 heavy (non-hydrogen) atoms. The lowest BCUT2D eigenvalue weighted by Gasteiger charge is -2.32. The molecule has 0 aliphatic carbocycles. The lowest BCUT2D eigenvalue weighted by Crippen LogP contribution is -2.41. The molecule has 4 rings (SSSR count). The van der Waals surface area contributed by atoms with E-state index in [2.05, 4.69) is 21.8 Å². The van der Waals surface area contributed by atoms with Crippen LogP contribution in [0.5, 0.6) is 0 Å². The first kappa shape index (κ1) is 21.5. The van der Waals surface area contributed by atoms with Gasteiger partial charge in [-0.1, -0.05) is 30.3 Å². The first-order valence-corrected chi connectivity index (χ1v) is 13.1. The van der Waals surface area contributed by atoms with Crippen LogP contribution in [0.4, 0.5) is 5.69 Å². The average Bonchev–Trinajstić information content (AvgIpc) is 2.74. The second-order valence-corrected chi connectivity index (χ2v) is 11.4. The lowest BCUT2D eigenvalue weighted by molar-refractivity contribution is -0.129. The molecule has 8 nitrogen and oxygen atoms in total. The van der Waals surface area contributed by atoms with Gasteiger partial charge in [0, 0.05) is 13.1 Å². The van der Waals surface area contributed by atoms with Gasteiger partial charge < -0.3 is 10.2 Å². The maximum absolute atomic E-state index is 12.8. The number of benzene rings is 2. The Bertz CT molecular complexity index is 1220. The normalized spacial score (nSPS) is 18.3. The molecule has 0 bridgehead atoms. The van der Waals surface area contributed by atoms with Crippen LogP contribution in [0.1, 0.15) is 18.4 Å². The van der Waals surface area contributed by atoms with Gasteiger partial charge in [0.15, 0.2) is 9.84 Å². The number of carbonyl (C=O) groups is 1. The summed E-state index contributed by atoms with van der Waals surface area (Å²) in [6.45, 7) is 1.03. The third kappa shape index (κ3) is 4.80. The van der Waals surface area contributed by atoms with Crippen molar-refractivity contribution in [1.82, 2.24) is 4.90 Å². The van der Waals surface area contributed by atoms with Crippen LogP contribution in [0.15, 0.2) is 62.7 Å². The number of carbonyl (C=O) groups excluding carboxylic acids is 1. The second-order valence-electron chi connectivity index (χ2n) is 7.78. The second kappa shape index (κ2) is 8.43. The Morgan fingerprint density at radius 2 is 1.81 bits per heavy atom. The third-order valence-electron chi connectivity index (χ3n) is 5.65. The number of piperidine rings is 1. The number of amides is 1. The van der Waals surface area contributed by atoms with Gasteiger partial charge in [0.05, 0.1) is 10.6 Å². The standard InChI is InChI=1S/C21H23N3O5S2/c25-21(24-10-8-17(9-11-24)12-16-4-2-1-3-5-16)14-30(26,27)18-6-7-19-20(13-18)31(28,29)23-15-22-19/h1-7,13,15,17H,8-12,14H2,(H,22,23). The Morgan fingerprint density at radius 1 is 1.10 bits per heavy atom. The summed E-state index contributed by atoms with van der Waals surface area (Å²) in [5.74, 6) is -0.692. The first-order valence-electron chi connectivity index (χ1n) is 9.98. The Balaban J connectivity index is 1.40. The minimum atomic E-state index is -3.99. The Kier molecular flexibility index (Phi) is 5.85. The zero-order valence-corrected chi connectivity index (χ0v) is 18.4. The van der Waals surface area contributed by atoms with Crippen LogP contribution in [0.25, 0.3) is 0 Å². The number of nitrogens with zero attached hydrogens (tertiary/aromatic N) is 2. The van der Waals surface area contributed by atoms with Crippen LogP contribution in [0, 0.1) is 5.92 Å². The molecule has 0 saturated carbocycles. The van der Waals surface area contributed by atoms with Crippen molar-refractivity contribution in [1.29, 1.82) is 0 Å². The van der Waals surface area contributed by atoms with Gasteiger partial charge in [-0.15, -0.1) is 4.40 Å². The molecule has 2 aromatic rings. The van der Waals surface area contributed by atoms with Crippen LogP contribution in [-0.2, 0) is 31.1 Å². The van der Waals surface area contributed by atoms with Gasteiger partial charge in [0.2, 0.25) is 5.91 Å². The van der Waals surface area contributed by atoms with Crippen LogP contribution < -0.4 is 5.32 Å². The smallest absolute Gasteiger partial charge is 0.285 e. The lowest BCUT2D eigenvalue weighted by atomic mass is 9.90. The Labute approximate surface area is 182 Å². The van der Waals surface area contributed by atoms with E-state index < -0.39 is 31.5 Å². The summed E-state index contributed by atoms with van der Waals surface area (Å²) < 4.78 is 53.1. The molecule has 0 unspecified atom stereocenters. The molecule has 164 valence electrons. The molecule has 0 radical (unpaired) electrons. The summed E-state index contributed by atoms with van der Waals surface area (Å²) in [4.78, 5) is 13.8. The maximum atomic E-state index is 12.8. The highest BCUT2D eigenvalue weighted by atomic mass is 32.2. The van der Waals surface area contributed by atoms with Gasteiger partial charge in [-0.3, -0.25) is 4.79 Å². The van der Waals surface area contributed by atoms with Crippen molar-refractivity contribution >= 4 is 37.8 Å². The molecule has 1 amide bonds. The molecule has 2 heterocycles. The zero-order chi connectivity index (χ0) is 22.1. The summed E-state index contributed by atoms with van der Waals surface area (Å²) in [6.07, 6.45) is 3.63. The topological polar surface area (TPSA) is 113 Å². The van der Waals surface area contributed by atoms with Crippen molar-refractivity contribution in [3.63, 3.8) is 0 Å². The van der Waals surface area contributed by atoms with Gasteiger partial charge in [-0.05, 0) is 48.9 Å². The number of sulfonamides is 1. The molecule has 1 N–H and O–H groups in total. The van der Waals surface area contributed by atoms with Crippen molar-refractivity contribution in [2.45, 2.75) is 29.1 Å². The minimum absolute atomic E-state index is 0.207. The quantitative estimate of drug-likeness (QED) is 0.729. The van der Waals surface area contributed by atoms with Gasteiger partial charge >= 0.3 is 0 Å². The third-order valence-corrected chi connectivity index (χ3v) is 8.53. The molecule has 0 spiro atoms. The van der Waals surface area contributed by atoms with Crippen molar-refractivity contribution in [3.05, 3.63) is 54.1 Å². The highest BCUT2D eigenvalue weighted by molar-refractivity contribution is 7.92. The molecular weight excluding hydrogens is 438 g/mol. The highest BCUT2D eigenvalue weighted by Gasteiger charge is 2.29. The summed E-state index contributed by atoms with van der Waals surface area (Å²) in [6, 6.07) is 13.9. The van der Waals surface area contributed by atoms with Crippen LogP contribution in [0.2, 0.25) is 0 Å². The molecule has 1 fully saturated rings. The number of sulfone groups is 1.